The molecule has 1 aromatic carbocycles. The van der Waals surface area contributed by atoms with Crippen LogP contribution in [0.15, 0.2) is 36.5 Å². The Morgan fingerprint density at radius 3 is 2.62 bits per heavy atom. The van der Waals surface area contributed by atoms with E-state index in [0.29, 0.717) is 18.8 Å². The van der Waals surface area contributed by atoms with Gasteiger partial charge in [0, 0.05) is 20.2 Å². The molecule has 3 rings (SSSR count). The van der Waals surface area contributed by atoms with Gasteiger partial charge in [0.15, 0.2) is 0 Å². The maximum absolute atomic E-state index is 12.0. The first-order valence-electron chi connectivity index (χ1n) is 8.49. The number of likely N-dealkylation sites (tertiary alicyclic amines) is 1. The normalized spacial score (nSPS) is 24.1. The molecule has 2 aromatic rings. The fourth-order valence-corrected chi connectivity index (χ4v) is 3.58. The van der Waals surface area contributed by atoms with Gasteiger partial charge < -0.3 is 14.9 Å². The molecule has 0 aliphatic carbocycles. The number of rotatable bonds is 6. The summed E-state index contributed by atoms with van der Waals surface area (Å²) in [7, 11) is 1.50. The van der Waals surface area contributed by atoms with Crippen molar-refractivity contribution in [1.82, 2.24) is 19.9 Å². The van der Waals surface area contributed by atoms with Gasteiger partial charge in [-0.25, -0.2) is 4.68 Å². The number of nitrogens with zero attached hydrogens (tertiary/aromatic N) is 4. The van der Waals surface area contributed by atoms with E-state index in [9.17, 15) is 15.0 Å². The van der Waals surface area contributed by atoms with E-state index in [0.717, 1.165) is 5.56 Å². The Morgan fingerprint density at radius 1 is 1.35 bits per heavy atom. The minimum absolute atomic E-state index is 0.367. The lowest BCUT2D eigenvalue weighted by Gasteiger charge is -2.25. The SMILES string of the molecule is CO[C@@H]1[C@@H](C(=O)O)N(Cc2ccccc2)C[C@H]1n1nncc1C(C)(C)O. The molecule has 0 saturated carbocycles. The molecular formula is C18H24N4O4. The summed E-state index contributed by atoms with van der Waals surface area (Å²) in [5, 5.41) is 28.2. The number of carboxylic acids is 1. The average Bonchev–Trinajstić information content (AvgIpc) is 3.19. The van der Waals surface area contributed by atoms with Crippen LogP contribution < -0.4 is 0 Å². The monoisotopic (exact) mass is 360 g/mol. The molecule has 0 unspecified atom stereocenters. The summed E-state index contributed by atoms with van der Waals surface area (Å²) >= 11 is 0. The van der Waals surface area contributed by atoms with Crippen LogP contribution >= 0.6 is 0 Å². The topological polar surface area (TPSA) is 101 Å². The summed E-state index contributed by atoms with van der Waals surface area (Å²) in [6.45, 7) is 4.21. The van der Waals surface area contributed by atoms with Crippen molar-refractivity contribution >= 4 is 5.97 Å². The van der Waals surface area contributed by atoms with Crippen molar-refractivity contribution in [1.29, 1.82) is 0 Å². The second-order valence-electron chi connectivity index (χ2n) is 7.09. The molecule has 0 amide bonds. The van der Waals surface area contributed by atoms with Gasteiger partial charge in [-0.2, -0.15) is 0 Å². The molecule has 140 valence electrons. The Morgan fingerprint density at radius 2 is 2.04 bits per heavy atom. The highest BCUT2D eigenvalue weighted by Crippen LogP contribution is 2.33. The van der Waals surface area contributed by atoms with E-state index in [-0.39, 0.29) is 6.04 Å². The summed E-state index contributed by atoms with van der Waals surface area (Å²) in [6.07, 6.45) is 0.890. The molecule has 3 atom stereocenters. The highest BCUT2D eigenvalue weighted by molar-refractivity contribution is 5.75. The Bertz CT molecular complexity index is 756. The number of hydrogen-bond acceptors (Lipinski definition) is 6. The summed E-state index contributed by atoms with van der Waals surface area (Å²) < 4.78 is 7.16. The van der Waals surface area contributed by atoms with Crippen LogP contribution in [0, 0.1) is 0 Å². The standard InChI is InChI=1S/C18H24N4O4/c1-18(2,25)14-9-19-20-22(14)13-11-21(10-12-7-5-4-6-8-12)15(17(23)24)16(13)26-3/h4-9,13,15-16,25H,10-11H2,1-3H3,(H,23,24)/t13-,15+,16+/m1/s1. The van der Waals surface area contributed by atoms with E-state index in [1.54, 1.807) is 18.5 Å². The van der Waals surface area contributed by atoms with E-state index in [1.807, 2.05) is 35.2 Å². The van der Waals surface area contributed by atoms with Crippen molar-refractivity contribution < 1.29 is 19.7 Å². The van der Waals surface area contributed by atoms with Crippen molar-refractivity contribution in [2.24, 2.45) is 0 Å². The lowest BCUT2D eigenvalue weighted by Crippen LogP contribution is -2.43. The second kappa shape index (κ2) is 7.14. The zero-order chi connectivity index (χ0) is 18.9. The zero-order valence-electron chi connectivity index (χ0n) is 15.1. The molecule has 0 spiro atoms. The molecule has 1 fully saturated rings. The number of hydrogen-bond donors (Lipinski definition) is 2. The molecule has 0 radical (unpaired) electrons. The van der Waals surface area contributed by atoms with Gasteiger partial charge in [-0.1, -0.05) is 35.5 Å². The third kappa shape index (κ3) is 3.48. The number of aliphatic carboxylic acids is 1. The number of aromatic nitrogens is 3. The van der Waals surface area contributed by atoms with Crippen molar-refractivity contribution in [3.05, 3.63) is 47.8 Å². The van der Waals surface area contributed by atoms with Crippen molar-refractivity contribution in [3.63, 3.8) is 0 Å². The van der Waals surface area contributed by atoms with Crippen molar-refractivity contribution in [2.75, 3.05) is 13.7 Å². The van der Waals surface area contributed by atoms with Crippen molar-refractivity contribution in [2.45, 2.75) is 44.2 Å². The average molecular weight is 360 g/mol. The maximum atomic E-state index is 12.0. The highest BCUT2D eigenvalue weighted by atomic mass is 16.5. The fraction of sp³-hybridized carbons (Fsp3) is 0.500. The molecule has 1 aliphatic rings. The quantitative estimate of drug-likeness (QED) is 0.793. The first kappa shape index (κ1) is 18.5. The molecule has 8 heteroatoms. The first-order valence-corrected chi connectivity index (χ1v) is 8.49. The molecule has 2 N–H and O–H groups in total. The van der Waals surface area contributed by atoms with E-state index in [2.05, 4.69) is 10.3 Å². The largest absolute Gasteiger partial charge is 0.480 e. The Labute approximate surface area is 152 Å². The Balaban J connectivity index is 1.94. The summed E-state index contributed by atoms with van der Waals surface area (Å²) in [4.78, 5) is 13.8. The van der Waals surface area contributed by atoms with Crippen LogP contribution in [-0.2, 0) is 21.7 Å². The van der Waals surface area contributed by atoms with Gasteiger partial charge in [-0.05, 0) is 19.4 Å². The minimum Gasteiger partial charge on any atom is -0.480 e. The van der Waals surface area contributed by atoms with Crippen LogP contribution in [0.2, 0.25) is 0 Å². The maximum Gasteiger partial charge on any atom is 0.323 e. The Hall–Kier alpha value is -2.29. The van der Waals surface area contributed by atoms with Gasteiger partial charge in [0.1, 0.15) is 17.7 Å². The van der Waals surface area contributed by atoms with Gasteiger partial charge in [0.05, 0.1) is 17.9 Å². The van der Waals surface area contributed by atoms with Gasteiger partial charge in [0.2, 0.25) is 0 Å². The van der Waals surface area contributed by atoms with E-state index in [1.165, 1.54) is 13.3 Å². The number of methoxy groups -OCH3 is 1. The number of carboxylic acid groups (broad SMARTS) is 1. The molecule has 2 heterocycles. The lowest BCUT2D eigenvalue weighted by molar-refractivity contribution is -0.146. The minimum atomic E-state index is -1.15. The summed E-state index contributed by atoms with van der Waals surface area (Å²) in [5.74, 6) is -0.944. The van der Waals surface area contributed by atoms with E-state index < -0.39 is 23.7 Å². The van der Waals surface area contributed by atoms with Crippen LogP contribution in [0.4, 0.5) is 0 Å². The van der Waals surface area contributed by atoms with Gasteiger partial charge in [-0.15, -0.1) is 5.10 Å². The smallest absolute Gasteiger partial charge is 0.323 e. The van der Waals surface area contributed by atoms with Crippen LogP contribution in [0.25, 0.3) is 0 Å². The fourth-order valence-electron chi connectivity index (χ4n) is 3.58. The predicted octanol–water partition coefficient (Wildman–Crippen LogP) is 1.03. The third-order valence-corrected chi connectivity index (χ3v) is 4.77. The zero-order valence-corrected chi connectivity index (χ0v) is 15.1. The molecule has 1 aliphatic heterocycles. The van der Waals surface area contributed by atoms with E-state index >= 15 is 0 Å². The van der Waals surface area contributed by atoms with Gasteiger partial charge in [-0.3, -0.25) is 9.69 Å². The number of aliphatic hydroxyl groups is 1. The Kier molecular flexibility index (Phi) is 5.08. The molecule has 26 heavy (non-hydrogen) atoms. The van der Waals surface area contributed by atoms with E-state index in [4.69, 9.17) is 4.74 Å². The third-order valence-electron chi connectivity index (χ3n) is 4.77. The predicted molar refractivity (Wildman–Crippen MR) is 93.4 cm³/mol. The lowest BCUT2D eigenvalue weighted by atomic mass is 10.0. The van der Waals surface area contributed by atoms with Crippen molar-refractivity contribution in [3.8, 4) is 0 Å². The molecule has 8 nitrogen and oxygen atoms in total. The van der Waals surface area contributed by atoms with Gasteiger partial charge in [0.25, 0.3) is 0 Å². The molecular weight excluding hydrogens is 336 g/mol. The van der Waals surface area contributed by atoms with Crippen LogP contribution in [0.5, 0.6) is 0 Å². The summed E-state index contributed by atoms with van der Waals surface area (Å²) in [5.41, 5.74) is 0.402. The van der Waals surface area contributed by atoms with Crippen LogP contribution in [0.3, 0.4) is 0 Å². The number of ether oxygens (including phenoxy) is 1. The van der Waals surface area contributed by atoms with Gasteiger partial charge >= 0.3 is 5.97 Å². The molecule has 0 bridgehead atoms. The van der Waals surface area contributed by atoms with Crippen LogP contribution in [-0.4, -0.2) is 61.9 Å². The molecule has 1 saturated heterocycles. The number of carbonyl (C=O) groups is 1. The first-order chi connectivity index (χ1) is 12.3. The van der Waals surface area contributed by atoms with Crippen LogP contribution in [0.1, 0.15) is 31.1 Å². The summed E-state index contributed by atoms with van der Waals surface area (Å²) in [6, 6.07) is 8.52. The highest BCUT2D eigenvalue weighted by Gasteiger charge is 2.48. The molecule has 1 aromatic heterocycles. The second-order valence-corrected chi connectivity index (χ2v) is 7.09. The number of benzene rings is 1.